The van der Waals surface area contributed by atoms with Gasteiger partial charge in [0.05, 0.1) is 5.69 Å². The second kappa shape index (κ2) is 6.86. The molecule has 3 rings (SSSR count). The molecule has 125 valence electrons. The van der Waals surface area contributed by atoms with Crippen molar-refractivity contribution in [3.8, 4) is 11.5 Å². The largest absolute Gasteiger partial charge is 0.508 e. The number of aromatic nitrogens is 2. The van der Waals surface area contributed by atoms with Gasteiger partial charge in [-0.15, -0.1) is 0 Å². The average Bonchev–Trinajstić information content (AvgIpc) is 2.59. The first kappa shape index (κ1) is 16.2. The van der Waals surface area contributed by atoms with Crippen LogP contribution in [0.25, 0.3) is 0 Å². The summed E-state index contributed by atoms with van der Waals surface area (Å²) in [5.74, 6) is 1.13. The molecule has 0 saturated carbocycles. The van der Waals surface area contributed by atoms with E-state index in [-0.39, 0.29) is 17.2 Å². The number of aromatic hydroxyl groups is 2. The number of aryl methyl sites for hydroxylation is 1. The summed E-state index contributed by atoms with van der Waals surface area (Å²) < 4.78 is 0. The van der Waals surface area contributed by atoms with Crippen LogP contribution in [-0.4, -0.2) is 39.6 Å². The summed E-state index contributed by atoms with van der Waals surface area (Å²) in [5, 5.41) is 19.1. The lowest BCUT2D eigenvalue weighted by molar-refractivity contribution is 0.394. The second-order valence-corrected chi connectivity index (χ2v) is 6.18. The number of hydrogen-bond donors (Lipinski definition) is 2. The highest BCUT2D eigenvalue weighted by Crippen LogP contribution is 2.27. The van der Waals surface area contributed by atoms with Gasteiger partial charge in [-0.05, 0) is 49.9 Å². The zero-order chi connectivity index (χ0) is 17.1. The predicted molar refractivity (Wildman–Crippen MR) is 90.0 cm³/mol. The molecule has 6 nitrogen and oxygen atoms in total. The summed E-state index contributed by atoms with van der Waals surface area (Å²) in [5.41, 5.74) is 1.47. The van der Waals surface area contributed by atoms with Gasteiger partial charge in [0.1, 0.15) is 11.6 Å². The minimum atomic E-state index is -0.184. The fraction of sp³-hybridized carbons (Fsp3) is 0.389. The van der Waals surface area contributed by atoms with E-state index in [0.29, 0.717) is 23.9 Å². The van der Waals surface area contributed by atoms with E-state index in [0.717, 1.165) is 31.6 Å². The molecule has 0 bridgehead atoms. The number of benzene rings is 1. The minimum absolute atomic E-state index is 0.0565. The Kier molecular flexibility index (Phi) is 4.64. The van der Waals surface area contributed by atoms with Crippen LogP contribution in [0.15, 0.2) is 24.3 Å². The number of phenolic OH excluding ortho intramolecular Hbond substituents is 1. The Morgan fingerprint density at radius 2 is 1.83 bits per heavy atom. The summed E-state index contributed by atoms with van der Waals surface area (Å²) in [7, 11) is 0. The number of carbonyl (C=O) groups excluding carboxylic acids is 1. The van der Waals surface area contributed by atoms with Gasteiger partial charge in [0.15, 0.2) is 11.4 Å². The van der Waals surface area contributed by atoms with Crippen LogP contribution in [0.4, 0.5) is 5.69 Å². The van der Waals surface area contributed by atoms with Crippen molar-refractivity contribution in [1.29, 1.82) is 0 Å². The van der Waals surface area contributed by atoms with Gasteiger partial charge in [-0.1, -0.05) is 0 Å². The number of hydrogen-bond acceptors (Lipinski definition) is 6. The predicted octanol–water partition coefficient (Wildman–Crippen LogP) is 2.11. The molecule has 0 unspecified atom stereocenters. The molecule has 1 saturated heterocycles. The molecule has 2 N–H and O–H groups in total. The average molecular weight is 326 g/mol. The lowest BCUT2D eigenvalue weighted by atomic mass is 9.93. The van der Waals surface area contributed by atoms with Gasteiger partial charge in [0, 0.05) is 25.2 Å². The molecular weight excluding hydrogens is 306 g/mol. The summed E-state index contributed by atoms with van der Waals surface area (Å²) in [6, 6.07) is 7.25. The van der Waals surface area contributed by atoms with Crippen LogP contribution in [0, 0.1) is 12.8 Å². The summed E-state index contributed by atoms with van der Waals surface area (Å²) in [6.07, 6.45) is 4.37. The Labute approximate surface area is 140 Å². The highest BCUT2D eigenvalue weighted by Gasteiger charge is 2.21. The molecule has 0 atom stereocenters. The maximum atomic E-state index is 10.8. The molecule has 1 fully saturated rings. The first-order valence-electron chi connectivity index (χ1n) is 8.05. The zero-order valence-corrected chi connectivity index (χ0v) is 13.6. The number of rotatable bonds is 4. The SMILES string of the molecule is Cc1nc(CC2CCN(c3ccc(O)cc3)CC2)nc([C]=O)c1O. The molecule has 2 aromatic rings. The van der Waals surface area contributed by atoms with Crippen molar-refractivity contribution in [1.82, 2.24) is 9.97 Å². The Bertz CT molecular complexity index is 723. The quantitative estimate of drug-likeness (QED) is 0.895. The molecule has 1 aromatic heterocycles. The van der Waals surface area contributed by atoms with Crippen LogP contribution < -0.4 is 4.90 Å². The van der Waals surface area contributed by atoms with Gasteiger partial charge in [0.25, 0.3) is 6.29 Å². The van der Waals surface area contributed by atoms with Crippen molar-refractivity contribution < 1.29 is 15.0 Å². The van der Waals surface area contributed by atoms with Crippen molar-refractivity contribution in [2.45, 2.75) is 26.2 Å². The number of piperidine rings is 1. The molecule has 2 heterocycles. The normalized spacial score (nSPS) is 15.5. The first-order chi connectivity index (χ1) is 11.6. The molecule has 1 aromatic carbocycles. The Hall–Kier alpha value is -2.63. The van der Waals surface area contributed by atoms with E-state index in [1.807, 2.05) is 12.1 Å². The number of nitrogens with zero attached hydrogens (tertiary/aromatic N) is 3. The van der Waals surface area contributed by atoms with Gasteiger partial charge in [-0.25, -0.2) is 9.97 Å². The van der Waals surface area contributed by atoms with Crippen LogP contribution >= 0.6 is 0 Å². The van der Waals surface area contributed by atoms with Gasteiger partial charge in [-0.3, -0.25) is 4.79 Å². The smallest absolute Gasteiger partial charge is 0.257 e. The monoisotopic (exact) mass is 326 g/mol. The third-order valence-electron chi connectivity index (χ3n) is 4.50. The number of phenols is 1. The van der Waals surface area contributed by atoms with Gasteiger partial charge >= 0.3 is 0 Å². The van der Waals surface area contributed by atoms with Crippen molar-refractivity contribution in [3.63, 3.8) is 0 Å². The molecule has 1 aliphatic heterocycles. The fourth-order valence-electron chi connectivity index (χ4n) is 3.10. The Balaban J connectivity index is 1.62. The summed E-state index contributed by atoms with van der Waals surface area (Å²) in [4.78, 5) is 21.5. The van der Waals surface area contributed by atoms with Gasteiger partial charge < -0.3 is 15.1 Å². The first-order valence-corrected chi connectivity index (χ1v) is 8.05. The van der Waals surface area contributed by atoms with Crippen molar-refractivity contribution in [2.24, 2.45) is 5.92 Å². The molecule has 0 amide bonds. The molecule has 24 heavy (non-hydrogen) atoms. The molecule has 1 aliphatic rings. The van der Waals surface area contributed by atoms with E-state index < -0.39 is 0 Å². The number of anilines is 1. The van der Waals surface area contributed by atoms with Crippen molar-refractivity contribution in [3.05, 3.63) is 41.5 Å². The van der Waals surface area contributed by atoms with Crippen molar-refractivity contribution >= 4 is 12.0 Å². The van der Waals surface area contributed by atoms with Crippen LogP contribution in [-0.2, 0) is 11.2 Å². The van der Waals surface area contributed by atoms with E-state index in [2.05, 4.69) is 14.9 Å². The van der Waals surface area contributed by atoms with Crippen LogP contribution in [0.2, 0.25) is 0 Å². The van der Waals surface area contributed by atoms with E-state index in [1.165, 1.54) is 0 Å². The van der Waals surface area contributed by atoms with E-state index in [9.17, 15) is 15.0 Å². The Morgan fingerprint density at radius 1 is 1.17 bits per heavy atom. The van der Waals surface area contributed by atoms with E-state index >= 15 is 0 Å². The standard InChI is InChI=1S/C18H20N3O3/c1-12-18(24)16(11-22)20-17(19-12)10-13-6-8-21(9-7-13)14-2-4-15(23)5-3-14/h2-5,13,23-24H,6-10H2,1H3. The summed E-state index contributed by atoms with van der Waals surface area (Å²) >= 11 is 0. The van der Waals surface area contributed by atoms with Gasteiger partial charge in [0.2, 0.25) is 0 Å². The lowest BCUT2D eigenvalue weighted by Crippen LogP contribution is -2.34. The van der Waals surface area contributed by atoms with Crippen molar-refractivity contribution in [2.75, 3.05) is 18.0 Å². The highest BCUT2D eigenvalue weighted by molar-refractivity contribution is 5.76. The fourth-order valence-corrected chi connectivity index (χ4v) is 3.10. The van der Waals surface area contributed by atoms with E-state index in [1.54, 1.807) is 25.3 Å². The maximum absolute atomic E-state index is 10.8. The van der Waals surface area contributed by atoms with E-state index in [4.69, 9.17) is 0 Å². The highest BCUT2D eigenvalue weighted by atomic mass is 16.3. The van der Waals surface area contributed by atoms with Gasteiger partial charge in [-0.2, -0.15) is 0 Å². The third kappa shape index (κ3) is 3.48. The topological polar surface area (TPSA) is 86.5 Å². The summed E-state index contributed by atoms with van der Waals surface area (Å²) in [6.45, 7) is 3.52. The maximum Gasteiger partial charge on any atom is 0.257 e. The Morgan fingerprint density at radius 3 is 2.46 bits per heavy atom. The molecular formula is C18H20N3O3. The molecule has 1 radical (unpaired) electrons. The van der Waals surface area contributed by atoms with Crippen LogP contribution in [0.5, 0.6) is 11.5 Å². The zero-order valence-electron chi connectivity index (χ0n) is 13.6. The molecule has 0 spiro atoms. The van der Waals surface area contributed by atoms with Crippen LogP contribution in [0.1, 0.15) is 30.1 Å². The minimum Gasteiger partial charge on any atom is -0.508 e. The van der Waals surface area contributed by atoms with Crippen LogP contribution in [0.3, 0.4) is 0 Å². The third-order valence-corrected chi connectivity index (χ3v) is 4.50. The second-order valence-electron chi connectivity index (χ2n) is 6.18. The molecule has 6 heteroatoms. The lowest BCUT2D eigenvalue weighted by Gasteiger charge is -2.33. The molecule has 0 aliphatic carbocycles.